The van der Waals surface area contributed by atoms with Crippen molar-refractivity contribution >= 4 is 82.5 Å². The normalized spacial score (nSPS) is 13.5. The second-order valence-electron chi connectivity index (χ2n) is 17.1. The standard InChI is InChI=1S/C55H38N6O2/c1-33-52-53(61(57-33)34-15-5-4-6-16-34)41-29-35(26-28-50(41)63-54(52)62)59-48-27-25-36(58-44-21-11-7-17-37(44)38-18-8-12-22-45(38)58)30-42(48)55(2,3)43-31-51(56-32-49(43)59)60-46-23-13-9-19-39(46)40-20-10-14-24-47(40)60/h4-32H,1-3H3. The maximum absolute atomic E-state index is 13.6. The van der Waals surface area contributed by atoms with E-state index in [1.165, 1.54) is 27.1 Å². The number of hydrogen-bond donors (Lipinski definition) is 0. The van der Waals surface area contributed by atoms with Crippen LogP contribution in [0.2, 0.25) is 0 Å². The Bertz CT molecular complexity index is 3670. The van der Waals surface area contributed by atoms with Crippen LogP contribution in [0.5, 0.6) is 0 Å². The highest BCUT2D eigenvalue weighted by Gasteiger charge is 2.39. The molecule has 13 rings (SSSR count). The summed E-state index contributed by atoms with van der Waals surface area (Å²) in [5.41, 5.74) is 12.7. The van der Waals surface area contributed by atoms with Crippen molar-refractivity contribution in [2.75, 3.05) is 4.90 Å². The minimum atomic E-state index is -0.466. The molecule has 0 saturated carbocycles. The molecule has 5 aromatic heterocycles. The maximum Gasteiger partial charge on any atom is 0.347 e. The van der Waals surface area contributed by atoms with E-state index < -0.39 is 11.0 Å². The van der Waals surface area contributed by atoms with Crippen molar-refractivity contribution < 1.29 is 4.42 Å². The molecule has 0 fully saturated rings. The van der Waals surface area contributed by atoms with E-state index in [0.717, 1.165) is 67.3 Å². The molecular formula is C55H38N6O2. The fraction of sp³-hybridized carbons (Fsp3) is 0.0727. The summed E-state index contributed by atoms with van der Waals surface area (Å²) in [5, 5.41) is 11.0. The first-order chi connectivity index (χ1) is 30.8. The Kier molecular flexibility index (Phi) is 7.27. The molecule has 1 aliphatic heterocycles. The monoisotopic (exact) mass is 814 g/mol. The first kappa shape index (κ1) is 35.5. The quantitative estimate of drug-likeness (QED) is 0.165. The van der Waals surface area contributed by atoms with Crippen molar-refractivity contribution in [1.82, 2.24) is 23.9 Å². The lowest BCUT2D eigenvalue weighted by Crippen LogP contribution is -2.31. The molecule has 8 heteroatoms. The SMILES string of the molecule is Cc1nn(-c2ccccc2)c2c1c(=O)oc1ccc(N3c4ccc(-n5c6ccccc6c6ccccc65)cc4C(C)(C)c4cc(-n5c6ccccc6c6ccccc65)ncc43)cc12. The Morgan fingerprint density at radius 1 is 0.524 bits per heavy atom. The van der Waals surface area contributed by atoms with E-state index in [2.05, 4.69) is 155 Å². The van der Waals surface area contributed by atoms with Gasteiger partial charge < -0.3 is 13.9 Å². The molecule has 8 nitrogen and oxygen atoms in total. The van der Waals surface area contributed by atoms with Gasteiger partial charge in [0.25, 0.3) is 0 Å². The van der Waals surface area contributed by atoms with Gasteiger partial charge in [0, 0.05) is 43.7 Å². The van der Waals surface area contributed by atoms with Gasteiger partial charge in [0.05, 0.1) is 56.5 Å². The maximum atomic E-state index is 13.6. The summed E-state index contributed by atoms with van der Waals surface area (Å²) >= 11 is 0. The zero-order chi connectivity index (χ0) is 42.1. The molecule has 63 heavy (non-hydrogen) atoms. The highest BCUT2D eigenvalue weighted by atomic mass is 16.4. The number of para-hydroxylation sites is 5. The smallest absolute Gasteiger partial charge is 0.347 e. The molecule has 0 atom stereocenters. The predicted octanol–water partition coefficient (Wildman–Crippen LogP) is 13.1. The molecule has 0 bridgehead atoms. The number of aromatic nitrogens is 5. The molecule has 0 spiro atoms. The van der Waals surface area contributed by atoms with E-state index in [9.17, 15) is 4.79 Å². The van der Waals surface area contributed by atoms with Crippen molar-refractivity contribution in [2.24, 2.45) is 0 Å². The van der Waals surface area contributed by atoms with Crippen LogP contribution in [-0.4, -0.2) is 23.9 Å². The van der Waals surface area contributed by atoms with Crippen LogP contribution in [0.25, 0.3) is 82.7 Å². The number of aryl methyl sites for hydroxylation is 1. The number of anilines is 3. The summed E-state index contributed by atoms with van der Waals surface area (Å²) in [6.45, 7) is 6.52. The van der Waals surface area contributed by atoms with Gasteiger partial charge in [-0.2, -0.15) is 5.10 Å². The number of rotatable bonds is 4. The molecule has 0 amide bonds. The van der Waals surface area contributed by atoms with E-state index in [1.54, 1.807) is 0 Å². The Morgan fingerprint density at radius 3 is 1.71 bits per heavy atom. The number of nitrogens with zero attached hydrogens (tertiary/aromatic N) is 6. The average Bonchev–Trinajstić information content (AvgIpc) is 3.97. The van der Waals surface area contributed by atoms with Gasteiger partial charge >= 0.3 is 5.63 Å². The van der Waals surface area contributed by atoms with Gasteiger partial charge in [0.15, 0.2) is 0 Å². The number of pyridine rings is 1. The van der Waals surface area contributed by atoms with Crippen molar-refractivity contribution in [3.8, 4) is 17.2 Å². The molecule has 6 heterocycles. The minimum absolute atomic E-state index is 0.403. The van der Waals surface area contributed by atoms with E-state index in [0.29, 0.717) is 22.2 Å². The molecule has 12 aromatic rings. The first-order valence-electron chi connectivity index (χ1n) is 21.3. The Balaban J connectivity index is 1.09. The van der Waals surface area contributed by atoms with Crippen molar-refractivity contribution in [3.05, 3.63) is 203 Å². The van der Waals surface area contributed by atoms with Crippen LogP contribution >= 0.6 is 0 Å². The molecule has 0 N–H and O–H groups in total. The van der Waals surface area contributed by atoms with Crippen LogP contribution in [0.4, 0.5) is 17.1 Å². The van der Waals surface area contributed by atoms with Crippen LogP contribution < -0.4 is 10.5 Å². The zero-order valence-electron chi connectivity index (χ0n) is 34.7. The second kappa shape index (κ2) is 12.9. The highest BCUT2D eigenvalue weighted by Crippen LogP contribution is 2.53. The Labute approximate surface area is 361 Å². The predicted molar refractivity (Wildman–Crippen MR) is 255 cm³/mol. The van der Waals surface area contributed by atoms with Crippen molar-refractivity contribution in [1.29, 1.82) is 0 Å². The summed E-state index contributed by atoms with van der Waals surface area (Å²) < 4.78 is 12.6. The van der Waals surface area contributed by atoms with Crippen LogP contribution in [-0.2, 0) is 5.41 Å². The third-order valence-electron chi connectivity index (χ3n) is 13.3. The molecule has 0 saturated heterocycles. The third kappa shape index (κ3) is 4.94. The van der Waals surface area contributed by atoms with E-state index >= 15 is 0 Å². The van der Waals surface area contributed by atoms with Gasteiger partial charge in [-0.15, -0.1) is 0 Å². The second-order valence-corrected chi connectivity index (χ2v) is 17.1. The third-order valence-corrected chi connectivity index (χ3v) is 13.3. The topological polar surface area (TPSA) is 74.0 Å². The first-order valence-corrected chi connectivity index (χ1v) is 21.3. The summed E-state index contributed by atoms with van der Waals surface area (Å²) in [6.07, 6.45) is 2.03. The number of benzene rings is 7. The van der Waals surface area contributed by atoms with Gasteiger partial charge in [-0.25, -0.2) is 14.5 Å². The molecule has 300 valence electrons. The van der Waals surface area contributed by atoms with E-state index in [1.807, 2.05) is 60.3 Å². The van der Waals surface area contributed by atoms with Gasteiger partial charge in [0.2, 0.25) is 0 Å². The number of fused-ring (bicyclic) bond motifs is 11. The summed E-state index contributed by atoms with van der Waals surface area (Å²) in [4.78, 5) is 21.2. The molecule has 0 radical (unpaired) electrons. The van der Waals surface area contributed by atoms with E-state index in [4.69, 9.17) is 14.5 Å². The molecular weight excluding hydrogens is 777 g/mol. The average molecular weight is 815 g/mol. The summed E-state index contributed by atoms with van der Waals surface area (Å²) in [6, 6.07) is 59.6. The minimum Gasteiger partial charge on any atom is -0.422 e. The molecule has 0 aliphatic carbocycles. The summed E-state index contributed by atoms with van der Waals surface area (Å²) in [5.74, 6) is 0.852. The lowest BCUT2D eigenvalue weighted by Gasteiger charge is -2.42. The molecule has 0 unspecified atom stereocenters. The van der Waals surface area contributed by atoms with Gasteiger partial charge in [0.1, 0.15) is 16.8 Å². The van der Waals surface area contributed by atoms with Crippen LogP contribution in [0.15, 0.2) is 185 Å². The zero-order valence-corrected chi connectivity index (χ0v) is 34.7. The van der Waals surface area contributed by atoms with Gasteiger partial charge in [-0.1, -0.05) is 105 Å². The van der Waals surface area contributed by atoms with Crippen LogP contribution in [0.3, 0.4) is 0 Å². The van der Waals surface area contributed by atoms with Crippen molar-refractivity contribution in [3.63, 3.8) is 0 Å². The largest absolute Gasteiger partial charge is 0.422 e. The van der Waals surface area contributed by atoms with Crippen LogP contribution in [0.1, 0.15) is 30.7 Å². The van der Waals surface area contributed by atoms with E-state index in [-0.39, 0.29) is 0 Å². The van der Waals surface area contributed by atoms with Gasteiger partial charge in [-0.3, -0.25) is 4.57 Å². The van der Waals surface area contributed by atoms with Gasteiger partial charge in [-0.05, 0) is 96.9 Å². The Morgan fingerprint density at radius 2 is 1.08 bits per heavy atom. The lowest BCUT2D eigenvalue weighted by atomic mass is 9.73. The highest BCUT2D eigenvalue weighted by molar-refractivity contribution is 6.11. The molecule has 1 aliphatic rings. The Hall–Kier alpha value is -8.23. The fourth-order valence-corrected chi connectivity index (χ4v) is 10.4. The van der Waals surface area contributed by atoms with Crippen LogP contribution in [0, 0.1) is 6.92 Å². The number of hydrogen-bond acceptors (Lipinski definition) is 5. The molecule has 7 aromatic carbocycles. The fourth-order valence-electron chi connectivity index (χ4n) is 10.4. The lowest BCUT2D eigenvalue weighted by molar-refractivity contribution is 0.569. The van der Waals surface area contributed by atoms with Crippen molar-refractivity contribution in [2.45, 2.75) is 26.2 Å². The summed E-state index contributed by atoms with van der Waals surface area (Å²) in [7, 11) is 0.